The van der Waals surface area contributed by atoms with Gasteiger partial charge in [0.15, 0.2) is 0 Å². The molecule has 1 saturated heterocycles. The maximum Gasteiger partial charge on any atom is 0.257 e. The summed E-state index contributed by atoms with van der Waals surface area (Å²) in [6, 6.07) is 10.5. The van der Waals surface area contributed by atoms with Crippen molar-refractivity contribution in [3.8, 4) is 0 Å². The van der Waals surface area contributed by atoms with Crippen molar-refractivity contribution in [1.29, 1.82) is 0 Å². The quantitative estimate of drug-likeness (QED) is 0.353. The number of morpholine rings is 1. The van der Waals surface area contributed by atoms with Gasteiger partial charge in [0.05, 0.1) is 30.2 Å². The van der Waals surface area contributed by atoms with Crippen LogP contribution < -0.4 is 21.5 Å². The van der Waals surface area contributed by atoms with Crippen molar-refractivity contribution < 1.29 is 13.9 Å². The lowest BCUT2D eigenvalue weighted by atomic mass is 10.1. The molecule has 3 aromatic rings. The van der Waals surface area contributed by atoms with Crippen molar-refractivity contribution in [2.75, 3.05) is 61.9 Å². The minimum atomic E-state index is -0.460. The molecule has 3 aliphatic rings. The van der Waals surface area contributed by atoms with Crippen LogP contribution in [0.3, 0.4) is 0 Å². The summed E-state index contributed by atoms with van der Waals surface area (Å²) >= 11 is 0. The molecule has 0 saturated carbocycles. The maximum atomic E-state index is 13.7. The smallest absolute Gasteiger partial charge is 0.257 e. The number of pyridine rings is 1. The number of nitrogens with one attached hydrogen (secondary N) is 4. The van der Waals surface area contributed by atoms with Crippen LogP contribution in [0, 0.1) is 12.7 Å². The van der Waals surface area contributed by atoms with Crippen molar-refractivity contribution in [3.05, 3.63) is 86.6 Å². The van der Waals surface area contributed by atoms with Crippen LogP contribution in [0.2, 0.25) is 0 Å². The summed E-state index contributed by atoms with van der Waals surface area (Å²) in [5.41, 5.74) is 6.33. The topological polar surface area (TPSA) is 102 Å². The Bertz CT molecular complexity index is 1450. The van der Waals surface area contributed by atoms with E-state index in [0.717, 1.165) is 60.9 Å². The van der Waals surface area contributed by atoms with E-state index in [2.05, 4.69) is 25.8 Å². The average molecular weight is 533 g/mol. The summed E-state index contributed by atoms with van der Waals surface area (Å²) in [6.45, 7) is 7.90. The van der Waals surface area contributed by atoms with Crippen LogP contribution >= 0.6 is 0 Å². The van der Waals surface area contributed by atoms with E-state index < -0.39 is 6.17 Å². The number of amides is 1. The summed E-state index contributed by atoms with van der Waals surface area (Å²) in [5, 5.41) is 10.2. The third kappa shape index (κ3) is 5.22. The Morgan fingerprint density at radius 3 is 2.67 bits per heavy atom. The van der Waals surface area contributed by atoms with Gasteiger partial charge in [-0.25, -0.2) is 4.39 Å². The van der Waals surface area contributed by atoms with E-state index in [1.165, 1.54) is 6.07 Å². The summed E-state index contributed by atoms with van der Waals surface area (Å²) < 4.78 is 19.1. The number of anilines is 3. The highest BCUT2D eigenvalue weighted by molar-refractivity contribution is 6.01. The van der Waals surface area contributed by atoms with Crippen LogP contribution in [0.25, 0.3) is 0 Å². The molecule has 1 fully saturated rings. The number of ether oxygens (including phenoxy) is 1. The molecule has 4 heterocycles. The number of H-pyrrole nitrogens is 1. The highest BCUT2D eigenvalue weighted by atomic mass is 19.1. The van der Waals surface area contributed by atoms with Crippen molar-refractivity contribution >= 4 is 23.0 Å². The molecule has 6 rings (SSSR count). The van der Waals surface area contributed by atoms with Gasteiger partial charge in [0.2, 0.25) is 0 Å². The third-order valence-electron chi connectivity index (χ3n) is 7.82. The molecule has 1 aromatic heterocycles. The fourth-order valence-electron chi connectivity index (χ4n) is 5.59. The van der Waals surface area contributed by atoms with E-state index in [1.807, 2.05) is 30.0 Å². The van der Waals surface area contributed by atoms with E-state index >= 15 is 0 Å². The minimum Gasteiger partial charge on any atom is -0.384 e. The second-order valence-corrected chi connectivity index (χ2v) is 10.3. The molecule has 1 atom stereocenters. The van der Waals surface area contributed by atoms with Gasteiger partial charge in [-0.3, -0.25) is 14.5 Å². The van der Waals surface area contributed by atoms with E-state index in [9.17, 15) is 14.0 Å². The highest BCUT2D eigenvalue weighted by Crippen LogP contribution is 2.40. The van der Waals surface area contributed by atoms with Gasteiger partial charge in [0, 0.05) is 56.7 Å². The Labute approximate surface area is 226 Å². The number of aromatic amines is 1. The first-order valence-electron chi connectivity index (χ1n) is 13.5. The van der Waals surface area contributed by atoms with Gasteiger partial charge in [-0.1, -0.05) is 6.07 Å². The number of fused-ring (bicyclic) bond motifs is 2. The number of hydrogen-bond acceptors (Lipinski definition) is 7. The first-order chi connectivity index (χ1) is 19.0. The second-order valence-electron chi connectivity index (χ2n) is 10.3. The molecule has 0 aliphatic carbocycles. The normalized spacial score (nSPS) is 18.5. The zero-order valence-electron chi connectivity index (χ0n) is 22.0. The van der Waals surface area contributed by atoms with Gasteiger partial charge in [-0.05, 0) is 60.4 Å². The van der Waals surface area contributed by atoms with Crippen LogP contribution in [0.4, 0.5) is 21.5 Å². The Morgan fingerprint density at radius 1 is 1.05 bits per heavy atom. The fourth-order valence-corrected chi connectivity index (χ4v) is 5.59. The molecule has 1 amide bonds. The highest BCUT2D eigenvalue weighted by Gasteiger charge is 2.33. The second kappa shape index (κ2) is 10.7. The summed E-state index contributed by atoms with van der Waals surface area (Å²) in [7, 11) is 0. The van der Waals surface area contributed by atoms with Crippen molar-refractivity contribution in [2.45, 2.75) is 26.1 Å². The largest absolute Gasteiger partial charge is 0.384 e. The van der Waals surface area contributed by atoms with Gasteiger partial charge >= 0.3 is 0 Å². The number of carbonyl (C=O) groups excluding carboxylic acids is 1. The molecule has 204 valence electrons. The molecule has 4 N–H and O–H groups in total. The Kier molecular flexibility index (Phi) is 6.97. The third-order valence-corrected chi connectivity index (χ3v) is 7.82. The molecule has 0 radical (unpaired) electrons. The standard InChI is InChI=1S/C29H33FN6O3/c1-18-2-3-21(30)14-19(18)4-6-31-23-5-7-32-28(37)26(23)27-33-24-15-20-17-36(9-8-35-10-12-39-13-11-35)29(38)22(20)16-25(24)34-27/h2-3,5,7,14-16,27,33-34H,4,6,8-13,17H2,1H3,(H2,31,32,37). The zero-order valence-corrected chi connectivity index (χ0v) is 22.0. The molecule has 0 spiro atoms. The van der Waals surface area contributed by atoms with E-state index in [0.29, 0.717) is 42.9 Å². The van der Waals surface area contributed by atoms with Gasteiger partial charge in [0.1, 0.15) is 12.0 Å². The van der Waals surface area contributed by atoms with Gasteiger partial charge in [0.25, 0.3) is 11.5 Å². The average Bonchev–Trinajstić information content (AvgIpc) is 3.48. The van der Waals surface area contributed by atoms with E-state index in [-0.39, 0.29) is 17.3 Å². The van der Waals surface area contributed by atoms with Crippen LogP contribution in [0.1, 0.15) is 38.8 Å². The lowest BCUT2D eigenvalue weighted by Gasteiger charge is -2.28. The van der Waals surface area contributed by atoms with Crippen LogP contribution in [0.15, 0.2) is 47.4 Å². The first kappa shape index (κ1) is 25.4. The molecular weight excluding hydrogens is 499 g/mol. The molecular formula is C29H33FN6O3. The Morgan fingerprint density at radius 2 is 1.85 bits per heavy atom. The molecule has 39 heavy (non-hydrogen) atoms. The van der Waals surface area contributed by atoms with Gasteiger partial charge < -0.3 is 30.6 Å². The molecule has 1 unspecified atom stereocenters. The van der Waals surface area contributed by atoms with E-state index in [4.69, 9.17) is 4.74 Å². The molecule has 2 aromatic carbocycles. The van der Waals surface area contributed by atoms with Gasteiger partial charge in [-0.2, -0.15) is 0 Å². The molecule has 3 aliphatic heterocycles. The predicted molar refractivity (Wildman–Crippen MR) is 149 cm³/mol. The maximum absolute atomic E-state index is 13.7. The van der Waals surface area contributed by atoms with Crippen LogP contribution in [-0.2, 0) is 17.7 Å². The number of aryl methyl sites for hydroxylation is 1. The fraction of sp³-hybridized carbons (Fsp3) is 0.379. The molecule has 9 nitrogen and oxygen atoms in total. The van der Waals surface area contributed by atoms with Crippen LogP contribution in [-0.4, -0.2) is 66.6 Å². The number of carbonyl (C=O) groups is 1. The SMILES string of the molecule is Cc1ccc(F)cc1CCNc1cc[nH]c(=O)c1C1Nc2cc3c(cc2N1)C(=O)N(CCN1CCOCC1)C3. The number of hydrogen-bond donors (Lipinski definition) is 4. The van der Waals surface area contributed by atoms with Crippen LogP contribution in [0.5, 0.6) is 0 Å². The summed E-state index contributed by atoms with van der Waals surface area (Å²) in [4.78, 5) is 33.1. The monoisotopic (exact) mass is 532 g/mol. The number of halogens is 1. The molecule has 10 heteroatoms. The van der Waals surface area contributed by atoms with Crippen molar-refractivity contribution in [3.63, 3.8) is 0 Å². The number of rotatable bonds is 8. The molecule has 0 bridgehead atoms. The Balaban J connectivity index is 1.13. The zero-order chi connectivity index (χ0) is 26.9. The van der Waals surface area contributed by atoms with E-state index in [1.54, 1.807) is 18.3 Å². The number of aromatic nitrogens is 1. The van der Waals surface area contributed by atoms with Crippen molar-refractivity contribution in [1.82, 2.24) is 14.8 Å². The minimum absolute atomic E-state index is 0.0406. The van der Waals surface area contributed by atoms with Crippen molar-refractivity contribution in [2.24, 2.45) is 0 Å². The lowest BCUT2D eigenvalue weighted by molar-refractivity contribution is 0.0327. The van der Waals surface area contributed by atoms with Gasteiger partial charge in [-0.15, -0.1) is 0 Å². The first-order valence-corrected chi connectivity index (χ1v) is 13.5. The summed E-state index contributed by atoms with van der Waals surface area (Å²) in [5.74, 6) is -0.214. The predicted octanol–water partition coefficient (Wildman–Crippen LogP) is 3.30. The lowest BCUT2D eigenvalue weighted by Crippen LogP contribution is -2.41. The number of benzene rings is 2. The summed E-state index contributed by atoms with van der Waals surface area (Å²) in [6.07, 6.45) is 1.78. The Hall–Kier alpha value is -3.89. The number of nitrogens with zero attached hydrogens (tertiary/aromatic N) is 2.